The van der Waals surface area contributed by atoms with Gasteiger partial charge >= 0.3 is 0 Å². The number of amides is 2. The molecule has 0 bridgehead atoms. The van der Waals surface area contributed by atoms with E-state index in [-0.39, 0.29) is 30.6 Å². The lowest BCUT2D eigenvalue weighted by atomic mass is 10.0. The van der Waals surface area contributed by atoms with E-state index < -0.39 is 0 Å². The van der Waals surface area contributed by atoms with E-state index in [2.05, 4.69) is 5.32 Å². The Morgan fingerprint density at radius 3 is 2.96 bits per heavy atom. The minimum absolute atomic E-state index is 0.000460. The fraction of sp³-hybridized carbons (Fsp3) is 0.444. The van der Waals surface area contributed by atoms with E-state index in [4.69, 9.17) is 9.15 Å². The summed E-state index contributed by atoms with van der Waals surface area (Å²) in [5.74, 6) is 0.777. The Bertz CT molecular complexity index is 797. The molecule has 6 nitrogen and oxygen atoms in total. The molecule has 126 valence electrons. The lowest BCUT2D eigenvalue weighted by Gasteiger charge is -2.30. The molecule has 1 aromatic heterocycles. The van der Waals surface area contributed by atoms with Gasteiger partial charge in [-0.15, -0.1) is 0 Å². The van der Waals surface area contributed by atoms with E-state index in [1.807, 2.05) is 36.1 Å². The summed E-state index contributed by atoms with van der Waals surface area (Å²) in [6, 6.07) is 7.47. The van der Waals surface area contributed by atoms with Crippen molar-refractivity contribution in [1.82, 2.24) is 10.2 Å². The molecule has 2 aromatic rings. The molecule has 1 N–H and O–H groups in total. The van der Waals surface area contributed by atoms with Crippen LogP contribution in [0.1, 0.15) is 29.0 Å². The molecule has 6 heteroatoms. The Kier molecular flexibility index (Phi) is 3.76. The maximum atomic E-state index is 12.8. The number of hydrogen-bond acceptors (Lipinski definition) is 4. The van der Waals surface area contributed by atoms with Crippen LogP contribution in [0.15, 0.2) is 28.7 Å². The summed E-state index contributed by atoms with van der Waals surface area (Å²) in [4.78, 5) is 26.2. The van der Waals surface area contributed by atoms with Gasteiger partial charge < -0.3 is 19.4 Å². The maximum Gasteiger partial charge on any atom is 0.253 e. The molecular weight excluding hydrogens is 308 g/mol. The Labute approximate surface area is 139 Å². The number of rotatable bonds is 1. The van der Waals surface area contributed by atoms with E-state index in [0.717, 1.165) is 29.6 Å². The van der Waals surface area contributed by atoms with Crippen molar-refractivity contribution in [2.45, 2.75) is 31.9 Å². The van der Waals surface area contributed by atoms with Crippen LogP contribution in [0.3, 0.4) is 0 Å². The van der Waals surface area contributed by atoms with E-state index in [1.165, 1.54) is 0 Å². The largest absolute Gasteiger partial charge is 0.461 e. The molecule has 4 rings (SSSR count). The van der Waals surface area contributed by atoms with Crippen molar-refractivity contribution in [3.63, 3.8) is 0 Å². The van der Waals surface area contributed by atoms with Crippen LogP contribution < -0.4 is 5.32 Å². The summed E-state index contributed by atoms with van der Waals surface area (Å²) in [7, 11) is 0. The van der Waals surface area contributed by atoms with Gasteiger partial charge in [-0.3, -0.25) is 9.59 Å². The number of nitrogens with one attached hydrogen (secondary N) is 1. The summed E-state index contributed by atoms with van der Waals surface area (Å²) < 4.78 is 11.2. The number of carbonyl (C=O) groups excluding carboxylic acids is 2. The number of aryl methyl sites for hydroxylation is 1. The smallest absolute Gasteiger partial charge is 0.253 e. The van der Waals surface area contributed by atoms with Gasteiger partial charge in [0.25, 0.3) is 5.91 Å². The second-order valence-electron chi connectivity index (χ2n) is 6.50. The Hall–Kier alpha value is -2.34. The predicted molar refractivity (Wildman–Crippen MR) is 87.8 cm³/mol. The average Bonchev–Trinajstić information content (AvgIpc) is 2.81. The van der Waals surface area contributed by atoms with Gasteiger partial charge in [0.15, 0.2) is 0 Å². The van der Waals surface area contributed by atoms with Gasteiger partial charge in [0, 0.05) is 24.0 Å². The molecule has 2 amide bonds. The van der Waals surface area contributed by atoms with Crippen LogP contribution in [0.4, 0.5) is 0 Å². The third-order valence-corrected chi connectivity index (χ3v) is 4.79. The number of benzene rings is 1. The van der Waals surface area contributed by atoms with Crippen LogP contribution in [0.2, 0.25) is 0 Å². The standard InChI is InChI=1S/C18H20N2O4/c1-11-8-13-9-12(2-3-15(13)24-11)18(22)20-6-4-14-16(5-7-20)23-10-17(21)19-14/h2-3,8-9,14,16H,4-7,10H2,1H3,(H,19,21)/t14-,16-/m0/s1. The Balaban J connectivity index is 1.51. The number of furan rings is 1. The number of morpholine rings is 1. The zero-order chi connectivity index (χ0) is 16.7. The number of ether oxygens (including phenoxy) is 1. The van der Waals surface area contributed by atoms with Crippen molar-refractivity contribution in [3.05, 3.63) is 35.6 Å². The van der Waals surface area contributed by atoms with Crippen LogP contribution in [0.5, 0.6) is 0 Å². The topological polar surface area (TPSA) is 71.8 Å². The van der Waals surface area contributed by atoms with E-state index in [1.54, 1.807) is 0 Å². The fourth-order valence-electron chi connectivity index (χ4n) is 3.57. The first-order valence-electron chi connectivity index (χ1n) is 8.30. The van der Waals surface area contributed by atoms with Crippen molar-refractivity contribution < 1.29 is 18.7 Å². The van der Waals surface area contributed by atoms with Crippen LogP contribution in [-0.4, -0.2) is 48.6 Å². The highest BCUT2D eigenvalue weighted by molar-refractivity contribution is 5.97. The molecule has 0 radical (unpaired) electrons. The van der Waals surface area contributed by atoms with Gasteiger partial charge in [0.05, 0.1) is 12.1 Å². The Morgan fingerprint density at radius 1 is 1.25 bits per heavy atom. The zero-order valence-corrected chi connectivity index (χ0v) is 13.6. The van der Waals surface area contributed by atoms with Gasteiger partial charge in [-0.05, 0) is 44.0 Å². The summed E-state index contributed by atoms with van der Waals surface area (Å²) in [5.41, 5.74) is 1.46. The molecule has 0 aliphatic carbocycles. The zero-order valence-electron chi connectivity index (χ0n) is 13.6. The number of nitrogens with zero attached hydrogens (tertiary/aromatic N) is 1. The van der Waals surface area contributed by atoms with Crippen LogP contribution >= 0.6 is 0 Å². The van der Waals surface area contributed by atoms with Gasteiger partial charge in [-0.2, -0.15) is 0 Å². The molecule has 0 unspecified atom stereocenters. The van der Waals surface area contributed by atoms with Crippen LogP contribution in [-0.2, 0) is 9.53 Å². The molecule has 1 aromatic carbocycles. The normalized spacial score (nSPS) is 24.4. The molecule has 2 aliphatic rings. The number of carbonyl (C=O) groups is 2. The molecule has 0 saturated carbocycles. The fourth-order valence-corrected chi connectivity index (χ4v) is 3.57. The van der Waals surface area contributed by atoms with Crippen molar-refractivity contribution in [2.75, 3.05) is 19.7 Å². The number of fused-ring (bicyclic) bond motifs is 2. The van der Waals surface area contributed by atoms with Gasteiger partial charge in [0.1, 0.15) is 18.0 Å². The molecule has 0 spiro atoms. The summed E-state index contributed by atoms with van der Waals surface area (Å²) in [6.07, 6.45) is 1.46. The summed E-state index contributed by atoms with van der Waals surface area (Å²) >= 11 is 0. The third-order valence-electron chi connectivity index (χ3n) is 4.79. The Morgan fingerprint density at radius 2 is 2.08 bits per heavy atom. The van der Waals surface area contributed by atoms with Gasteiger partial charge in [0.2, 0.25) is 5.91 Å². The number of likely N-dealkylation sites (tertiary alicyclic amines) is 1. The maximum absolute atomic E-state index is 12.8. The molecule has 2 aliphatic heterocycles. The highest BCUT2D eigenvalue weighted by Crippen LogP contribution is 2.23. The molecule has 2 fully saturated rings. The first-order valence-corrected chi connectivity index (χ1v) is 8.30. The van der Waals surface area contributed by atoms with E-state index in [9.17, 15) is 9.59 Å². The summed E-state index contributed by atoms with van der Waals surface area (Å²) in [5, 5.41) is 3.91. The van der Waals surface area contributed by atoms with E-state index in [0.29, 0.717) is 18.7 Å². The highest BCUT2D eigenvalue weighted by atomic mass is 16.5. The van der Waals surface area contributed by atoms with Crippen molar-refractivity contribution in [2.24, 2.45) is 0 Å². The quantitative estimate of drug-likeness (QED) is 0.867. The molecule has 2 saturated heterocycles. The second-order valence-corrected chi connectivity index (χ2v) is 6.50. The molecular formula is C18H20N2O4. The SMILES string of the molecule is Cc1cc2cc(C(=O)N3CC[C@@H]4NC(=O)CO[C@H]4CC3)ccc2o1. The lowest BCUT2D eigenvalue weighted by molar-refractivity contribution is -0.136. The predicted octanol–water partition coefficient (Wildman–Crippen LogP) is 1.86. The van der Waals surface area contributed by atoms with Gasteiger partial charge in [-0.25, -0.2) is 0 Å². The molecule has 2 atom stereocenters. The van der Waals surface area contributed by atoms with Crippen molar-refractivity contribution >= 4 is 22.8 Å². The van der Waals surface area contributed by atoms with Gasteiger partial charge in [-0.1, -0.05) is 0 Å². The first-order chi connectivity index (χ1) is 11.6. The average molecular weight is 328 g/mol. The van der Waals surface area contributed by atoms with E-state index >= 15 is 0 Å². The monoisotopic (exact) mass is 328 g/mol. The van der Waals surface area contributed by atoms with Crippen molar-refractivity contribution in [1.29, 1.82) is 0 Å². The van der Waals surface area contributed by atoms with Crippen LogP contribution in [0.25, 0.3) is 11.0 Å². The third kappa shape index (κ3) is 2.78. The van der Waals surface area contributed by atoms with Crippen LogP contribution in [0, 0.1) is 6.92 Å². The summed E-state index contributed by atoms with van der Waals surface area (Å²) in [6.45, 7) is 3.27. The lowest BCUT2D eigenvalue weighted by Crippen LogP contribution is -2.51. The van der Waals surface area contributed by atoms with Crippen molar-refractivity contribution in [3.8, 4) is 0 Å². The number of hydrogen-bond donors (Lipinski definition) is 1. The minimum atomic E-state index is -0.0724. The molecule has 3 heterocycles. The first kappa shape index (κ1) is 15.2. The second kappa shape index (κ2) is 5.94. The molecule has 24 heavy (non-hydrogen) atoms. The minimum Gasteiger partial charge on any atom is -0.461 e. The highest BCUT2D eigenvalue weighted by Gasteiger charge is 2.33.